The largest absolute Gasteiger partial charge is 0.328 e. The van der Waals surface area contributed by atoms with Gasteiger partial charge in [-0.1, -0.05) is 90.6 Å². The lowest BCUT2D eigenvalue weighted by atomic mass is 9.96. The van der Waals surface area contributed by atoms with Crippen LogP contribution in [-0.2, 0) is 4.79 Å². The van der Waals surface area contributed by atoms with Crippen molar-refractivity contribution in [2.75, 3.05) is 13.1 Å². The number of hydrogen-bond acceptors (Lipinski definition) is 4. The molecule has 3 aliphatic rings. The molecular formula is C28H47N3OS. The van der Waals surface area contributed by atoms with E-state index in [4.69, 9.17) is 0 Å². The van der Waals surface area contributed by atoms with Crippen LogP contribution in [0.3, 0.4) is 0 Å². The van der Waals surface area contributed by atoms with Crippen LogP contribution in [0.2, 0.25) is 0 Å². The number of amides is 1. The Bertz CT molecular complexity index is 695. The van der Waals surface area contributed by atoms with Crippen molar-refractivity contribution in [2.45, 2.75) is 117 Å². The van der Waals surface area contributed by atoms with Gasteiger partial charge in [-0.2, -0.15) is 0 Å². The number of rotatable bonds is 17. The van der Waals surface area contributed by atoms with Crippen LogP contribution in [0.5, 0.6) is 0 Å². The zero-order chi connectivity index (χ0) is 23.3. The number of allylic oxidation sites excluding steroid dienone is 2. The molecule has 186 valence electrons. The standard InChI is InChI=1S/C28H47N3OS/c1-3-4-5-6-9-12-16-23(2)17-13-10-7-8-11-14-20-29-27(32)26-25(24-18-19-24)31-22-15-21-30-28(31)33-26/h14,20,23-24H,3-13,15-19,21-22H2,1-2H3,(H,29,32). The Balaban J connectivity index is 1.21. The summed E-state index contributed by atoms with van der Waals surface area (Å²) in [6.45, 7) is 6.63. The highest BCUT2D eigenvalue weighted by Crippen LogP contribution is 2.48. The first kappa shape index (κ1) is 26.4. The number of carbonyl (C=O) groups is 1. The van der Waals surface area contributed by atoms with E-state index in [0.29, 0.717) is 5.92 Å². The quantitative estimate of drug-likeness (QED) is 0.219. The number of nitrogens with zero attached hydrogens (tertiary/aromatic N) is 2. The molecular weight excluding hydrogens is 426 g/mol. The van der Waals surface area contributed by atoms with Crippen molar-refractivity contribution < 1.29 is 4.79 Å². The second kappa shape index (κ2) is 14.9. The van der Waals surface area contributed by atoms with Crippen LogP contribution in [0.15, 0.2) is 27.9 Å². The van der Waals surface area contributed by atoms with Gasteiger partial charge >= 0.3 is 0 Å². The van der Waals surface area contributed by atoms with E-state index in [1.54, 1.807) is 11.8 Å². The summed E-state index contributed by atoms with van der Waals surface area (Å²) in [5.41, 5.74) is 1.25. The Hall–Kier alpha value is -1.23. The minimum atomic E-state index is 0.0506. The van der Waals surface area contributed by atoms with Gasteiger partial charge in [0.2, 0.25) is 0 Å². The molecule has 1 saturated carbocycles. The summed E-state index contributed by atoms with van der Waals surface area (Å²) in [6, 6.07) is 0. The maximum atomic E-state index is 12.8. The van der Waals surface area contributed by atoms with E-state index in [0.717, 1.165) is 41.9 Å². The Labute approximate surface area is 207 Å². The van der Waals surface area contributed by atoms with E-state index >= 15 is 0 Å². The molecule has 0 saturated heterocycles. The summed E-state index contributed by atoms with van der Waals surface area (Å²) in [6.07, 6.45) is 25.0. The van der Waals surface area contributed by atoms with Gasteiger partial charge < -0.3 is 10.2 Å². The van der Waals surface area contributed by atoms with E-state index in [9.17, 15) is 4.79 Å². The molecule has 1 fully saturated rings. The average molecular weight is 474 g/mol. The predicted octanol–water partition coefficient (Wildman–Crippen LogP) is 7.77. The highest BCUT2D eigenvalue weighted by Gasteiger charge is 2.41. The van der Waals surface area contributed by atoms with E-state index < -0.39 is 0 Å². The van der Waals surface area contributed by atoms with Crippen molar-refractivity contribution in [3.05, 3.63) is 22.9 Å². The fourth-order valence-electron chi connectivity index (χ4n) is 4.90. The van der Waals surface area contributed by atoms with Gasteiger partial charge in [-0.3, -0.25) is 9.79 Å². The van der Waals surface area contributed by atoms with Crippen molar-refractivity contribution in [1.29, 1.82) is 0 Å². The van der Waals surface area contributed by atoms with E-state index in [1.165, 1.54) is 95.6 Å². The molecule has 0 aromatic carbocycles. The molecule has 2 heterocycles. The number of hydrogen-bond donors (Lipinski definition) is 1. The highest BCUT2D eigenvalue weighted by atomic mass is 32.2. The lowest BCUT2D eigenvalue weighted by molar-refractivity contribution is -0.116. The van der Waals surface area contributed by atoms with E-state index in [-0.39, 0.29) is 5.91 Å². The minimum Gasteiger partial charge on any atom is -0.328 e. The van der Waals surface area contributed by atoms with Crippen LogP contribution in [0.1, 0.15) is 117 Å². The van der Waals surface area contributed by atoms with E-state index in [2.05, 4.69) is 35.1 Å². The van der Waals surface area contributed by atoms with Gasteiger partial charge in [0.15, 0.2) is 5.17 Å². The van der Waals surface area contributed by atoms with Crippen LogP contribution in [0.4, 0.5) is 0 Å². The Morgan fingerprint density at radius 2 is 1.79 bits per heavy atom. The molecule has 0 aromatic rings. The normalized spacial score (nSPS) is 19.2. The van der Waals surface area contributed by atoms with Gasteiger partial charge in [0.25, 0.3) is 5.91 Å². The number of unbranched alkanes of at least 4 members (excludes halogenated alkanes) is 9. The molecule has 0 bridgehead atoms. The molecule has 1 N–H and O–H groups in total. The number of thioether (sulfide) groups is 1. The van der Waals surface area contributed by atoms with Gasteiger partial charge in [-0.05, 0) is 49.8 Å². The molecule has 3 rings (SSSR count). The lowest BCUT2D eigenvalue weighted by Crippen LogP contribution is -2.30. The zero-order valence-corrected chi connectivity index (χ0v) is 22.1. The number of aliphatic imine (C=N–C) groups is 1. The van der Waals surface area contributed by atoms with Gasteiger partial charge in [-0.15, -0.1) is 0 Å². The number of carbonyl (C=O) groups excluding carboxylic acids is 1. The monoisotopic (exact) mass is 473 g/mol. The van der Waals surface area contributed by atoms with Crippen LogP contribution >= 0.6 is 11.8 Å². The van der Waals surface area contributed by atoms with Crippen LogP contribution < -0.4 is 5.32 Å². The molecule has 2 aliphatic heterocycles. The fraction of sp³-hybridized carbons (Fsp3) is 0.786. The lowest BCUT2D eigenvalue weighted by Gasteiger charge is -2.25. The van der Waals surface area contributed by atoms with Gasteiger partial charge in [0.1, 0.15) is 4.91 Å². The Morgan fingerprint density at radius 3 is 2.52 bits per heavy atom. The first-order valence-corrected chi connectivity index (χ1v) is 14.7. The second-order valence-electron chi connectivity index (χ2n) is 10.3. The smallest absolute Gasteiger partial charge is 0.263 e. The molecule has 5 heteroatoms. The number of amidine groups is 1. The minimum absolute atomic E-state index is 0.0506. The van der Waals surface area contributed by atoms with Gasteiger partial charge in [0, 0.05) is 30.9 Å². The third-order valence-electron chi connectivity index (χ3n) is 7.11. The maximum absolute atomic E-state index is 12.8. The molecule has 0 radical (unpaired) electrons. The Morgan fingerprint density at radius 1 is 1.09 bits per heavy atom. The van der Waals surface area contributed by atoms with Crippen molar-refractivity contribution >= 4 is 22.8 Å². The average Bonchev–Trinajstić information content (AvgIpc) is 3.59. The summed E-state index contributed by atoms with van der Waals surface area (Å²) in [5.74, 6) is 1.51. The number of fused-ring (bicyclic) bond motifs is 1. The fourth-order valence-corrected chi connectivity index (χ4v) is 6.07. The molecule has 1 amide bonds. The molecule has 4 nitrogen and oxygen atoms in total. The first-order valence-electron chi connectivity index (χ1n) is 13.9. The highest BCUT2D eigenvalue weighted by molar-refractivity contribution is 8.18. The SMILES string of the molecule is CCCCCCCCC(C)CCCCCCC=CNC(=O)C1=C(C2CC2)N2CCCN=C2S1. The topological polar surface area (TPSA) is 44.7 Å². The summed E-state index contributed by atoms with van der Waals surface area (Å²) >= 11 is 1.58. The molecule has 1 aliphatic carbocycles. The van der Waals surface area contributed by atoms with Crippen molar-refractivity contribution in [1.82, 2.24) is 10.2 Å². The third-order valence-corrected chi connectivity index (χ3v) is 8.24. The predicted molar refractivity (Wildman–Crippen MR) is 143 cm³/mol. The van der Waals surface area contributed by atoms with Gasteiger partial charge in [-0.25, -0.2) is 0 Å². The van der Waals surface area contributed by atoms with Crippen LogP contribution in [-0.4, -0.2) is 29.1 Å². The molecule has 33 heavy (non-hydrogen) atoms. The zero-order valence-electron chi connectivity index (χ0n) is 21.2. The summed E-state index contributed by atoms with van der Waals surface area (Å²) in [4.78, 5) is 20.6. The van der Waals surface area contributed by atoms with Crippen molar-refractivity contribution in [3.8, 4) is 0 Å². The molecule has 0 aromatic heterocycles. The third kappa shape index (κ3) is 9.15. The second-order valence-corrected chi connectivity index (χ2v) is 11.3. The van der Waals surface area contributed by atoms with Gasteiger partial charge in [0.05, 0.1) is 0 Å². The van der Waals surface area contributed by atoms with Crippen LogP contribution in [0.25, 0.3) is 0 Å². The first-order chi connectivity index (χ1) is 16.2. The summed E-state index contributed by atoms with van der Waals surface area (Å²) < 4.78 is 0. The molecule has 1 unspecified atom stereocenters. The van der Waals surface area contributed by atoms with Crippen molar-refractivity contribution in [2.24, 2.45) is 16.8 Å². The van der Waals surface area contributed by atoms with Crippen LogP contribution in [0, 0.1) is 11.8 Å². The number of nitrogens with one attached hydrogen (secondary N) is 1. The van der Waals surface area contributed by atoms with Crippen molar-refractivity contribution in [3.63, 3.8) is 0 Å². The summed E-state index contributed by atoms with van der Waals surface area (Å²) in [5, 5.41) is 4.06. The maximum Gasteiger partial charge on any atom is 0.263 e. The Kier molecular flexibility index (Phi) is 11.9. The molecule has 0 spiro atoms. The molecule has 1 atom stereocenters. The summed E-state index contributed by atoms with van der Waals surface area (Å²) in [7, 11) is 0. The van der Waals surface area contributed by atoms with E-state index in [1.807, 2.05) is 6.20 Å².